The van der Waals surface area contributed by atoms with Gasteiger partial charge in [-0.05, 0) is 31.4 Å². The minimum Gasteiger partial charge on any atom is -0.397 e. The zero-order valence-electron chi connectivity index (χ0n) is 8.01. The van der Waals surface area contributed by atoms with E-state index in [1.165, 1.54) is 19.3 Å². The van der Waals surface area contributed by atoms with Crippen molar-refractivity contribution in [3.05, 3.63) is 24.3 Å². The second kappa shape index (κ2) is 2.95. The summed E-state index contributed by atoms with van der Waals surface area (Å²) in [5.41, 5.74) is 8.14. The first kappa shape index (κ1) is 8.42. The van der Waals surface area contributed by atoms with Crippen LogP contribution in [0.25, 0.3) is 0 Å². The largest absolute Gasteiger partial charge is 0.397 e. The third-order valence-corrected chi connectivity index (χ3v) is 2.89. The van der Waals surface area contributed by atoms with E-state index in [2.05, 4.69) is 12.2 Å². The summed E-state index contributed by atoms with van der Waals surface area (Å²) >= 11 is 0. The average Bonchev–Trinajstić information content (AvgIpc) is 2.90. The van der Waals surface area contributed by atoms with Gasteiger partial charge in [0, 0.05) is 5.54 Å². The molecular weight excluding hydrogens is 160 g/mol. The van der Waals surface area contributed by atoms with Crippen molar-refractivity contribution in [2.24, 2.45) is 0 Å². The van der Waals surface area contributed by atoms with Gasteiger partial charge in [-0.15, -0.1) is 0 Å². The molecule has 0 spiro atoms. The molecule has 0 bridgehead atoms. The number of para-hydroxylation sites is 2. The van der Waals surface area contributed by atoms with Gasteiger partial charge in [0.05, 0.1) is 11.4 Å². The van der Waals surface area contributed by atoms with E-state index in [-0.39, 0.29) is 0 Å². The fourth-order valence-corrected chi connectivity index (χ4v) is 1.61. The Labute approximate surface area is 79.1 Å². The molecule has 0 atom stereocenters. The molecule has 1 aliphatic rings. The van der Waals surface area contributed by atoms with Gasteiger partial charge >= 0.3 is 0 Å². The Morgan fingerprint density at radius 1 is 1.38 bits per heavy atom. The fourth-order valence-electron chi connectivity index (χ4n) is 1.61. The first-order chi connectivity index (χ1) is 6.26. The van der Waals surface area contributed by atoms with E-state index in [1.54, 1.807) is 0 Å². The lowest BCUT2D eigenvalue weighted by Gasteiger charge is -2.17. The molecule has 13 heavy (non-hydrogen) atoms. The Morgan fingerprint density at radius 3 is 2.62 bits per heavy atom. The normalized spacial score (nSPS) is 18.2. The Morgan fingerprint density at radius 2 is 2.08 bits per heavy atom. The quantitative estimate of drug-likeness (QED) is 0.695. The molecule has 0 aromatic heterocycles. The van der Waals surface area contributed by atoms with E-state index < -0.39 is 0 Å². The molecule has 1 aromatic carbocycles. The smallest absolute Gasteiger partial charge is 0.0578 e. The van der Waals surface area contributed by atoms with Crippen molar-refractivity contribution in [1.29, 1.82) is 0 Å². The number of hydrogen-bond donors (Lipinski definition) is 2. The highest BCUT2D eigenvalue weighted by Crippen LogP contribution is 2.42. The van der Waals surface area contributed by atoms with Gasteiger partial charge in [0.25, 0.3) is 0 Å². The zero-order valence-corrected chi connectivity index (χ0v) is 8.01. The van der Waals surface area contributed by atoms with Crippen molar-refractivity contribution in [3.63, 3.8) is 0 Å². The summed E-state index contributed by atoms with van der Waals surface area (Å²) in [4.78, 5) is 0. The van der Waals surface area contributed by atoms with Crippen LogP contribution >= 0.6 is 0 Å². The Kier molecular flexibility index (Phi) is 1.91. The van der Waals surface area contributed by atoms with E-state index in [1.807, 2.05) is 24.3 Å². The molecule has 0 radical (unpaired) electrons. The lowest BCUT2D eigenvalue weighted by Crippen LogP contribution is -2.20. The highest BCUT2D eigenvalue weighted by molar-refractivity contribution is 5.67. The molecule has 1 fully saturated rings. The summed E-state index contributed by atoms with van der Waals surface area (Å²) in [5.74, 6) is 0. The molecule has 0 aliphatic heterocycles. The van der Waals surface area contributed by atoms with Crippen LogP contribution < -0.4 is 11.1 Å². The van der Waals surface area contributed by atoms with Crippen LogP contribution in [0, 0.1) is 0 Å². The van der Waals surface area contributed by atoms with Gasteiger partial charge in [0.1, 0.15) is 0 Å². The van der Waals surface area contributed by atoms with Crippen LogP contribution in [-0.4, -0.2) is 5.54 Å². The van der Waals surface area contributed by atoms with Crippen LogP contribution in [0.4, 0.5) is 11.4 Å². The second-order valence-corrected chi connectivity index (χ2v) is 3.85. The van der Waals surface area contributed by atoms with Gasteiger partial charge < -0.3 is 11.1 Å². The molecule has 1 saturated carbocycles. The molecule has 0 heterocycles. The van der Waals surface area contributed by atoms with E-state index >= 15 is 0 Å². The van der Waals surface area contributed by atoms with Crippen LogP contribution in [0.3, 0.4) is 0 Å². The van der Waals surface area contributed by atoms with E-state index in [4.69, 9.17) is 5.73 Å². The van der Waals surface area contributed by atoms with Crippen LogP contribution in [0.1, 0.15) is 26.2 Å². The lowest BCUT2D eigenvalue weighted by molar-refractivity contribution is 0.702. The van der Waals surface area contributed by atoms with Crippen molar-refractivity contribution < 1.29 is 0 Å². The van der Waals surface area contributed by atoms with Crippen molar-refractivity contribution in [3.8, 4) is 0 Å². The minimum atomic E-state index is 0.357. The predicted octanol–water partition coefficient (Wildman–Crippen LogP) is 2.62. The van der Waals surface area contributed by atoms with Crippen LogP contribution in [0.5, 0.6) is 0 Å². The molecule has 2 rings (SSSR count). The first-order valence-corrected chi connectivity index (χ1v) is 4.88. The Hall–Kier alpha value is -1.18. The maximum atomic E-state index is 5.85. The van der Waals surface area contributed by atoms with Crippen molar-refractivity contribution in [1.82, 2.24) is 0 Å². The second-order valence-electron chi connectivity index (χ2n) is 3.85. The van der Waals surface area contributed by atoms with Gasteiger partial charge in [-0.3, -0.25) is 0 Å². The fraction of sp³-hybridized carbons (Fsp3) is 0.455. The maximum absolute atomic E-state index is 5.85. The van der Waals surface area contributed by atoms with Crippen LogP contribution in [0.15, 0.2) is 24.3 Å². The minimum absolute atomic E-state index is 0.357. The maximum Gasteiger partial charge on any atom is 0.0578 e. The summed E-state index contributed by atoms with van der Waals surface area (Å²) in [6.07, 6.45) is 3.73. The van der Waals surface area contributed by atoms with Gasteiger partial charge in [-0.1, -0.05) is 19.1 Å². The van der Waals surface area contributed by atoms with Crippen molar-refractivity contribution in [2.45, 2.75) is 31.7 Å². The lowest BCUT2D eigenvalue weighted by atomic mass is 10.1. The topological polar surface area (TPSA) is 38.0 Å². The monoisotopic (exact) mass is 176 g/mol. The SMILES string of the molecule is CCC1(Nc2ccccc2N)CC1. The highest BCUT2D eigenvalue weighted by atomic mass is 15.0. The van der Waals surface area contributed by atoms with E-state index in [0.29, 0.717) is 5.54 Å². The number of anilines is 2. The zero-order chi connectivity index (χ0) is 9.31. The summed E-state index contributed by atoms with van der Waals surface area (Å²) in [7, 11) is 0. The Balaban J connectivity index is 2.14. The average molecular weight is 176 g/mol. The molecule has 1 aromatic rings. The van der Waals surface area contributed by atoms with Crippen molar-refractivity contribution >= 4 is 11.4 Å². The molecule has 0 unspecified atom stereocenters. The number of rotatable bonds is 3. The number of benzene rings is 1. The summed E-state index contributed by atoms with van der Waals surface area (Å²) in [6.45, 7) is 2.22. The Bertz CT molecular complexity index is 303. The molecule has 0 amide bonds. The summed E-state index contributed by atoms with van der Waals surface area (Å²) in [5, 5.41) is 3.52. The molecule has 2 nitrogen and oxygen atoms in total. The first-order valence-electron chi connectivity index (χ1n) is 4.88. The van der Waals surface area contributed by atoms with Crippen molar-refractivity contribution in [2.75, 3.05) is 11.1 Å². The van der Waals surface area contributed by atoms with Gasteiger partial charge in [0.2, 0.25) is 0 Å². The molecule has 3 N–H and O–H groups in total. The van der Waals surface area contributed by atoms with Gasteiger partial charge in [0.15, 0.2) is 0 Å². The van der Waals surface area contributed by atoms with Gasteiger partial charge in [-0.25, -0.2) is 0 Å². The van der Waals surface area contributed by atoms with Crippen LogP contribution in [0.2, 0.25) is 0 Å². The standard InChI is InChI=1S/C11H16N2/c1-2-11(7-8-11)13-10-6-4-3-5-9(10)12/h3-6,13H,2,7-8,12H2,1H3. The van der Waals surface area contributed by atoms with E-state index in [9.17, 15) is 0 Å². The van der Waals surface area contributed by atoms with Gasteiger partial charge in [-0.2, -0.15) is 0 Å². The van der Waals surface area contributed by atoms with Crippen LogP contribution in [-0.2, 0) is 0 Å². The summed E-state index contributed by atoms with van der Waals surface area (Å²) < 4.78 is 0. The molecule has 1 aliphatic carbocycles. The number of nitrogen functional groups attached to an aromatic ring is 1. The third kappa shape index (κ3) is 1.62. The third-order valence-electron chi connectivity index (χ3n) is 2.89. The molecule has 70 valence electrons. The number of hydrogen-bond acceptors (Lipinski definition) is 2. The predicted molar refractivity (Wildman–Crippen MR) is 56.7 cm³/mol. The number of nitrogens with two attached hydrogens (primary N) is 1. The number of nitrogens with one attached hydrogen (secondary N) is 1. The molecule has 2 heteroatoms. The highest BCUT2D eigenvalue weighted by Gasteiger charge is 2.40. The van der Waals surface area contributed by atoms with E-state index in [0.717, 1.165) is 11.4 Å². The molecular formula is C11H16N2. The molecule has 0 saturated heterocycles. The summed E-state index contributed by atoms with van der Waals surface area (Å²) in [6, 6.07) is 7.97.